The molecule has 0 saturated heterocycles. The van der Waals surface area contributed by atoms with Gasteiger partial charge in [0.15, 0.2) is 0 Å². The van der Waals surface area contributed by atoms with Gasteiger partial charge in [-0.1, -0.05) is 24.3 Å². The average molecular weight is 1370 g/mol. The van der Waals surface area contributed by atoms with E-state index in [0.29, 0.717) is 36.1 Å². The monoisotopic (exact) mass is 1370 g/mol. The number of nitrogens with zero attached hydrogens (tertiary/aromatic N) is 7. The van der Waals surface area contributed by atoms with Crippen molar-refractivity contribution in [3.05, 3.63) is 83.9 Å². The topological polar surface area (TPSA) is 507 Å². The van der Waals surface area contributed by atoms with E-state index in [-0.39, 0.29) is 289 Å². The van der Waals surface area contributed by atoms with Crippen molar-refractivity contribution in [2.75, 3.05) is 78.8 Å². The minimum Gasteiger partial charge on any atom is -0.744 e. The van der Waals surface area contributed by atoms with Crippen molar-refractivity contribution >= 4 is 131 Å². The molecule has 8 N–H and O–H groups in total. The Kier molecular flexibility index (Phi) is 42.7. The van der Waals surface area contributed by atoms with Crippen LogP contribution in [0.3, 0.4) is 0 Å². The van der Waals surface area contributed by atoms with Crippen LogP contribution in [0.25, 0.3) is 12.2 Å². The van der Waals surface area contributed by atoms with Crippen LogP contribution >= 0.6 is 36.1 Å². The van der Waals surface area contributed by atoms with Gasteiger partial charge < -0.3 is 81.0 Å². The number of ether oxygens (including phenoxy) is 1. The zero-order chi connectivity index (χ0) is 57.9. The third kappa shape index (κ3) is 27.7. The molecule has 432 valence electrons. The Bertz CT molecular complexity index is 3480. The fourth-order valence-electron chi connectivity index (χ4n) is 6.46. The first-order chi connectivity index (χ1) is 38.2. The Morgan fingerprint density at radius 1 is 0.512 bits per heavy atom. The smallest absolute Gasteiger partial charge is 0.744 e. The van der Waals surface area contributed by atoms with E-state index in [1.807, 2.05) is 0 Å². The molecule has 0 saturated carbocycles. The number of aromatic nitrogens is 6. The first kappa shape index (κ1) is 85.7. The molecular weight excluding hydrogens is 1330 g/mol. The van der Waals surface area contributed by atoms with E-state index in [2.05, 4.69) is 84.6 Å². The quantitative estimate of drug-likeness (QED) is 0.00361. The van der Waals surface area contributed by atoms with E-state index < -0.39 is 69.9 Å². The fourth-order valence-corrected chi connectivity index (χ4v) is 9.59. The molecule has 4 aromatic carbocycles. The zero-order valence-corrected chi connectivity index (χ0v) is 62.8. The van der Waals surface area contributed by atoms with Crippen molar-refractivity contribution < 1.29 is 280 Å². The third-order valence-electron chi connectivity index (χ3n) is 9.73. The van der Waals surface area contributed by atoms with Gasteiger partial charge in [-0.25, -0.2) is 25.3 Å². The summed E-state index contributed by atoms with van der Waals surface area (Å²) in [6, 6.07) is 13.5. The first-order valence-electron chi connectivity index (χ1n) is 21.8. The van der Waals surface area contributed by atoms with E-state index in [9.17, 15) is 64.9 Å². The molecule has 6 rings (SSSR count). The number of aliphatic hydroxyl groups excluding tert-OH is 3. The molecule has 6 aromatic rings. The van der Waals surface area contributed by atoms with Gasteiger partial charge in [0.1, 0.15) is 37.0 Å². The van der Waals surface area contributed by atoms with Gasteiger partial charge in [0, 0.05) is 47.3 Å². The summed E-state index contributed by atoms with van der Waals surface area (Å²) in [5.41, 5.74) is -0.451. The van der Waals surface area contributed by atoms with Crippen molar-refractivity contribution in [1.29, 1.82) is 0 Å². The first-order valence-corrected chi connectivity index (χ1v) is 28.2. The molecule has 0 radical (unpaired) electrons. The van der Waals surface area contributed by atoms with Gasteiger partial charge in [-0.2, -0.15) is 42.9 Å². The summed E-state index contributed by atoms with van der Waals surface area (Å²) in [7, 11) is -15.5. The van der Waals surface area contributed by atoms with Crippen LogP contribution in [0.15, 0.2) is 102 Å². The van der Waals surface area contributed by atoms with Crippen LogP contribution in [0.4, 0.5) is 52.5 Å². The fraction of sp³-hybridized carbons (Fsp3) is 0.200. The second-order valence-corrected chi connectivity index (χ2v) is 21.3. The molecule has 46 heteroatoms. The van der Waals surface area contributed by atoms with Crippen LogP contribution in [0.5, 0.6) is 6.01 Å². The van der Waals surface area contributed by atoms with Crippen LogP contribution in [-0.2, 0) is 58.5 Å². The Hall–Kier alpha value is -0.300. The third-order valence-corrected chi connectivity index (χ3v) is 14.2. The summed E-state index contributed by atoms with van der Waals surface area (Å²) in [5.74, 6) is -1.63. The van der Waals surface area contributed by atoms with Crippen LogP contribution in [-0.4, -0.2) is 137 Å². The Morgan fingerprint density at radius 2 is 1.03 bits per heavy atom. The number of aliphatic hydroxyl groups is 3. The predicted octanol–water partition coefficient (Wildman–Crippen LogP) is -18.6. The molecule has 0 aliphatic rings. The van der Waals surface area contributed by atoms with Crippen LogP contribution in [0.2, 0.25) is 0 Å². The normalized spacial score (nSPS) is 11.1. The van der Waals surface area contributed by atoms with Crippen molar-refractivity contribution in [2.45, 2.75) is 29.4 Å². The van der Waals surface area contributed by atoms with E-state index in [1.165, 1.54) is 47.4 Å². The second-order valence-electron chi connectivity index (χ2n) is 15.0. The molecule has 0 spiro atoms. The Balaban J connectivity index is 0.0000120. The van der Waals surface area contributed by atoms with Crippen LogP contribution < -0.4 is 229 Å². The van der Waals surface area contributed by atoms with E-state index in [1.54, 1.807) is 0 Å². The molecule has 34 nitrogen and oxygen atoms in total. The summed E-state index contributed by atoms with van der Waals surface area (Å²) in [6.07, 6.45) is 2.56. The van der Waals surface area contributed by atoms with Gasteiger partial charge in [0.05, 0.1) is 86.9 Å². The van der Waals surface area contributed by atoms with E-state index >= 15 is 0 Å². The van der Waals surface area contributed by atoms with Crippen LogP contribution in [0, 0.1) is 0 Å². The molecular formula is C40H38N12Na6O22S6. The summed E-state index contributed by atoms with van der Waals surface area (Å²) < 4.78 is 129. The summed E-state index contributed by atoms with van der Waals surface area (Å²) in [6.45, 7) is -0.997. The van der Waals surface area contributed by atoms with Crippen molar-refractivity contribution in [3.8, 4) is 6.01 Å². The van der Waals surface area contributed by atoms with Gasteiger partial charge >= 0.3 is 183 Å². The molecule has 86 heavy (non-hydrogen) atoms. The van der Waals surface area contributed by atoms with E-state index in [0.717, 1.165) is 42.5 Å². The Labute approximate surface area is 635 Å². The number of benzene rings is 4. The minimum absolute atomic E-state index is 0. The number of nitrogens with one attached hydrogen (secondary N) is 5. The molecule has 0 aliphatic heterocycles. The second kappa shape index (κ2) is 42.8. The number of hydrogen-bond donors (Lipinski definition) is 8. The number of rotatable bonds is 33. The van der Waals surface area contributed by atoms with Gasteiger partial charge in [-0.3, -0.25) is 15.1 Å². The summed E-state index contributed by atoms with van der Waals surface area (Å²) in [5, 5.41) is 84.6. The van der Waals surface area contributed by atoms with Gasteiger partial charge in [-0.15, -0.1) is 0 Å². The summed E-state index contributed by atoms with van der Waals surface area (Å²) >= 11 is 1.10. The maximum atomic E-state index is 12.8. The molecule has 0 amide bonds. The maximum absolute atomic E-state index is 12.8. The molecule has 2 aromatic heterocycles. The standard InChI is InChI=1S/C40H44N12O22S6.6Na/c53-15-11-41-12-18-68-40-50-36(47-38(51-40)44-29-22-28(78(59,60)61)8-9-31(29)76-73-70-57)42-25-5-3-23(32(19-25)77-74-71-58)1-2-24-4-6-26(20-34(24)80(65,66)67)43-35-46-37(49-39(48-35)52(13-16-54)14-17-55)45-30-21-27(75-72-69-56)7-10-33(30)79(62,63)64;;;;;;/h1-10,19-22,41,53-58H,11-18H2,(H,59,60,61)(H,62,63,64)(H,65,66,67)(H2,42,44,47,50,51)(H2,43,45,46,48,49);;;;;;/q;6*+1/p-6. The number of anilines is 9. The van der Waals surface area contributed by atoms with Crippen molar-refractivity contribution in [3.63, 3.8) is 0 Å². The van der Waals surface area contributed by atoms with Gasteiger partial charge in [0.2, 0.25) is 29.7 Å². The minimum atomic E-state index is -5.30. The molecule has 0 atom stereocenters. The maximum Gasteiger partial charge on any atom is 1.00 e. The molecule has 2 heterocycles. The summed E-state index contributed by atoms with van der Waals surface area (Å²) in [4.78, 5) is 24.6. The number of hydrogen-bond acceptors (Lipinski definition) is 37. The average Bonchev–Trinajstić information content (AvgIpc) is 3.46. The van der Waals surface area contributed by atoms with E-state index in [4.69, 9.17) is 9.84 Å². The molecule has 0 fully saturated rings. The SMILES string of the molecule is O=S(=O)([O-])c1ccc(SOO[O-])c(Nc2nc(Nc3ccc(C=Cc4ccc(Nc5nc(Nc6cc(SOO[O-])ccc6S(=O)(=O)[O-])nc(N(CCO)CCO)n5)cc4S(=O)(=O)[O-])c(SOO[O-])c3)nc(OCCNCCO)n2)c1.[Na+].[Na+].[Na+].[Na+].[Na+].[Na+]. The largest absolute Gasteiger partial charge is 1.00 e. The molecule has 0 unspecified atom stereocenters. The van der Waals surface area contributed by atoms with Crippen molar-refractivity contribution in [2.24, 2.45) is 0 Å². The molecule has 0 bridgehead atoms. The molecule has 0 aliphatic carbocycles. The van der Waals surface area contributed by atoms with Gasteiger partial charge in [0.25, 0.3) is 0 Å². The Morgan fingerprint density at radius 3 is 1.60 bits per heavy atom. The van der Waals surface area contributed by atoms with Crippen LogP contribution in [0.1, 0.15) is 11.1 Å². The zero-order valence-electron chi connectivity index (χ0n) is 45.9. The van der Waals surface area contributed by atoms with Crippen molar-refractivity contribution in [1.82, 2.24) is 35.2 Å². The van der Waals surface area contributed by atoms with Gasteiger partial charge in [-0.05, 0) is 71.8 Å². The predicted molar refractivity (Wildman–Crippen MR) is 267 cm³/mol.